The van der Waals surface area contributed by atoms with Crippen LogP contribution in [0.15, 0.2) is 24.3 Å². The quantitative estimate of drug-likeness (QED) is 0.679. The van der Waals surface area contributed by atoms with Gasteiger partial charge in [-0.25, -0.2) is 12.8 Å². The maximum atomic E-state index is 13.9. The molecule has 0 radical (unpaired) electrons. The molecule has 3 fully saturated rings. The highest BCUT2D eigenvalue weighted by atomic mass is 32.2. The second kappa shape index (κ2) is 9.24. The lowest BCUT2D eigenvalue weighted by molar-refractivity contribution is -0.137. The number of hydrogen-bond acceptors (Lipinski definition) is 5. The maximum absolute atomic E-state index is 13.9. The van der Waals surface area contributed by atoms with Gasteiger partial charge >= 0.3 is 0 Å². The summed E-state index contributed by atoms with van der Waals surface area (Å²) < 4.78 is 37.9. The summed E-state index contributed by atoms with van der Waals surface area (Å²) in [5.41, 5.74) is 0.0712. The molecule has 1 aromatic rings. The first-order valence-electron chi connectivity index (χ1n) is 11.1. The molecular weight excluding hydrogens is 421 g/mol. The van der Waals surface area contributed by atoms with Gasteiger partial charge in [0.1, 0.15) is 5.82 Å². The first-order chi connectivity index (χ1) is 14.8. The molecule has 2 saturated heterocycles. The molecule has 9 heteroatoms. The van der Waals surface area contributed by atoms with Crippen molar-refractivity contribution in [2.45, 2.75) is 44.2 Å². The molecule has 1 unspecified atom stereocenters. The number of benzene rings is 1. The van der Waals surface area contributed by atoms with Gasteiger partial charge in [0.25, 0.3) is 5.91 Å². The Morgan fingerprint density at radius 3 is 2.29 bits per heavy atom. The van der Waals surface area contributed by atoms with Crippen LogP contribution in [0.25, 0.3) is 0 Å². The van der Waals surface area contributed by atoms with E-state index in [0.717, 1.165) is 25.7 Å². The highest BCUT2D eigenvalue weighted by molar-refractivity contribution is 7.91. The van der Waals surface area contributed by atoms with Crippen LogP contribution in [0, 0.1) is 5.82 Å². The molecule has 0 N–H and O–H groups in total. The largest absolute Gasteiger partial charge is 0.336 e. The third-order valence-corrected chi connectivity index (χ3v) is 8.48. The number of hydrogen-bond donors (Lipinski definition) is 0. The number of carbonyl (C=O) groups is 2. The molecule has 2 heterocycles. The van der Waals surface area contributed by atoms with Crippen LogP contribution in [-0.2, 0) is 14.6 Å². The summed E-state index contributed by atoms with van der Waals surface area (Å²) in [6.07, 6.45) is 4.55. The van der Waals surface area contributed by atoms with Crippen LogP contribution in [0.4, 0.5) is 4.39 Å². The van der Waals surface area contributed by atoms with Crippen molar-refractivity contribution in [3.8, 4) is 0 Å². The van der Waals surface area contributed by atoms with Crippen LogP contribution in [0.3, 0.4) is 0 Å². The molecule has 1 atom stereocenters. The molecule has 2 amide bonds. The SMILES string of the molecule is O=C(c1ccccc1F)N1CCN(CC(=O)N(C2CCCC2)C2CCS(=O)(=O)C2)CC1. The summed E-state index contributed by atoms with van der Waals surface area (Å²) in [6.45, 7) is 2.17. The minimum absolute atomic E-state index is 0.0112. The first-order valence-corrected chi connectivity index (χ1v) is 12.9. The van der Waals surface area contributed by atoms with Gasteiger partial charge in [0, 0.05) is 38.3 Å². The van der Waals surface area contributed by atoms with Crippen molar-refractivity contribution >= 4 is 21.7 Å². The molecule has 0 bridgehead atoms. The Bertz CT molecular complexity index is 924. The van der Waals surface area contributed by atoms with Crippen LogP contribution in [0.5, 0.6) is 0 Å². The number of amides is 2. The van der Waals surface area contributed by atoms with Crippen molar-refractivity contribution in [2.24, 2.45) is 0 Å². The summed E-state index contributed by atoms with van der Waals surface area (Å²) in [7, 11) is -3.07. The summed E-state index contributed by atoms with van der Waals surface area (Å²) >= 11 is 0. The molecule has 31 heavy (non-hydrogen) atoms. The minimum Gasteiger partial charge on any atom is -0.336 e. The van der Waals surface area contributed by atoms with E-state index in [1.165, 1.54) is 12.1 Å². The third kappa shape index (κ3) is 5.09. The number of halogens is 1. The van der Waals surface area contributed by atoms with E-state index >= 15 is 0 Å². The van der Waals surface area contributed by atoms with Gasteiger partial charge in [-0.05, 0) is 31.4 Å². The number of nitrogens with zero attached hydrogens (tertiary/aromatic N) is 3. The van der Waals surface area contributed by atoms with Crippen molar-refractivity contribution in [3.05, 3.63) is 35.6 Å². The second-order valence-corrected chi connectivity index (χ2v) is 11.1. The number of piperazine rings is 1. The summed E-state index contributed by atoms with van der Waals surface area (Å²) in [5, 5.41) is 0. The number of rotatable bonds is 5. The Hall–Kier alpha value is -2.00. The van der Waals surface area contributed by atoms with Crippen molar-refractivity contribution in [1.82, 2.24) is 14.7 Å². The molecule has 7 nitrogen and oxygen atoms in total. The monoisotopic (exact) mass is 451 g/mol. The lowest BCUT2D eigenvalue weighted by Gasteiger charge is -2.38. The third-order valence-electron chi connectivity index (χ3n) is 6.73. The van der Waals surface area contributed by atoms with Gasteiger partial charge in [0.05, 0.1) is 23.6 Å². The first kappa shape index (κ1) is 22.2. The predicted octanol–water partition coefficient (Wildman–Crippen LogP) is 1.54. The smallest absolute Gasteiger partial charge is 0.256 e. The van der Waals surface area contributed by atoms with E-state index in [1.807, 2.05) is 9.80 Å². The standard InChI is InChI=1S/C22H30FN3O4S/c23-20-8-4-3-7-19(20)22(28)25-12-10-24(11-13-25)15-21(27)26(17-5-1-2-6-17)18-9-14-31(29,30)16-18/h3-4,7-8,17-18H,1-2,5-6,9-16H2. The highest BCUT2D eigenvalue weighted by Gasteiger charge is 2.39. The molecule has 4 rings (SSSR count). The molecule has 1 aromatic carbocycles. The lowest BCUT2D eigenvalue weighted by atomic mass is 10.1. The fraction of sp³-hybridized carbons (Fsp3) is 0.636. The van der Waals surface area contributed by atoms with Crippen molar-refractivity contribution in [2.75, 3.05) is 44.2 Å². The van der Waals surface area contributed by atoms with E-state index < -0.39 is 15.7 Å². The molecular formula is C22H30FN3O4S. The average Bonchev–Trinajstić information content (AvgIpc) is 3.38. The van der Waals surface area contributed by atoms with Gasteiger partial charge in [0.15, 0.2) is 9.84 Å². The van der Waals surface area contributed by atoms with Gasteiger partial charge in [-0.15, -0.1) is 0 Å². The zero-order valence-electron chi connectivity index (χ0n) is 17.7. The summed E-state index contributed by atoms with van der Waals surface area (Å²) in [4.78, 5) is 31.3. The van der Waals surface area contributed by atoms with E-state index in [2.05, 4.69) is 0 Å². The second-order valence-electron chi connectivity index (χ2n) is 8.84. The molecule has 0 spiro atoms. The van der Waals surface area contributed by atoms with Crippen LogP contribution in [-0.4, -0.2) is 91.2 Å². The van der Waals surface area contributed by atoms with E-state index in [9.17, 15) is 22.4 Å². The maximum Gasteiger partial charge on any atom is 0.256 e. The fourth-order valence-corrected chi connectivity index (χ4v) is 6.78. The minimum atomic E-state index is -3.07. The Morgan fingerprint density at radius 2 is 1.68 bits per heavy atom. The fourth-order valence-electron chi connectivity index (χ4n) is 5.07. The molecule has 3 aliphatic rings. The topological polar surface area (TPSA) is 78.0 Å². The molecule has 1 aliphatic carbocycles. The van der Waals surface area contributed by atoms with Gasteiger partial charge in [0.2, 0.25) is 5.91 Å². The summed E-state index contributed by atoms with van der Waals surface area (Å²) in [5.74, 6) is -0.634. The van der Waals surface area contributed by atoms with Crippen molar-refractivity contribution in [1.29, 1.82) is 0 Å². The van der Waals surface area contributed by atoms with E-state index in [-0.39, 0.29) is 47.5 Å². The van der Waals surface area contributed by atoms with Crippen LogP contribution < -0.4 is 0 Å². The number of carbonyl (C=O) groups excluding carboxylic acids is 2. The Kier molecular flexibility index (Phi) is 6.62. The van der Waals surface area contributed by atoms with E-state index in [1.54, 1.807) is 17.0 Å². The average molecular weight is 452 g/mol. The van der Waals surface area contributed by atoms with Crippen molar-refractivity contribution in [3.63, 3.8) is 0 Å². The molecule has 1 saturated carbocycles. The summed E-state index contributed by atoms with van der Waals surface area (Å²) in [6, 6.07) is 5.89. The Morgan fingerprint density at radius 1 is 1.00 bits per heavy atom. The van der Waals surface area contributed by atoms with Crippen molar-refractivity contribution < 1.29 is 22.4 Å². The van der Waals surface area contributed by atoms with Gasteiger partial charge in [-0.1, -0.05) is 25.0 Å². The van der Waals surface area contributed by atoms with Crippen LogP contribution in [0.2, 0.25) is 0 Å². The molecule has 0 aromatic heterocycles. The van der Waals surface area contributed by atoms with E-state index in [4.69, 9.17) is 0 Å². The highest BCUT2D eigenvalue weighted by Crippen LogP contribution is 2.29. The van der Waals surface area contributed by atoms with Gasteiger partial charge in [-0.2, -0.15) is 0 Å². The lowest BCUT2D eigenvalue weighted by Crippen LogP contribution is -2.54. The normalized spacial score (nSPS) is 24.4. The van der Waals surface area contributed by atoms with Crippen LogP contribution >= 0.6 is 0 Å². The Labute approximate surface area is 183 Å². The van der Waals surface area contributed by atoms with Gasteiger partial charge < -0.3 is 9.80 Å². The zero-order chi connectivity index (χ0) is 22.0. The van der Waals surface area contributed by atoms with Crippen LogP contribution in [0.1, 0.15) is 42.5 Å². The number of sulfone groups is 1. The van der Waals surface area contributed by atoms with Gasteiger partial charge in [-0.3, -0.25) is 14.5 Å². The molecule has 170 valence electrons. The predicted molar refractivity (Wildman–Crippen MR) is 115 cm³/mol. The Balaban J connectivity index is 1.36. The zero-order valence-corrected chi connectivity index (χ0v) is 18.5. The molecule has 2 aliphatic heterocycles. The van der Waals surface area contributed by atoms with E-state index in [0.29, 0.717) is 32.6 Å².